The van der Waals surface area contributed by atoms with E-state index in [0.29, 0.717) is 6.42 Å². The van der Waals surface area contributed by atoms with Crippen LogP contribution in [0.2, 0.25) is 0 Å². The van der Waals surface area contributed by atoms with Gasteiger partial charge in [0, 0.05) is 6.54 Å². The smallest absolute Gasteiger partial charge is 0.326 e. The summed E-state index contributed by atoms with van der Waals surface area (Å²) >= 11 is 0. The number of aliphatic carboxylic acids is 2. The van der Waals surface area contributed by atoms with E-state index < -0.39 is 60.2 Å². The van der Waals surface area contributed by atoms with Crippen molar-refractivity contribution < 1.29 is 34.2 Å². The van der Waals surface area contributed by atoms with E-state index in [1.54, 1.807) is 13.8 Å². The molecule has 0 bridgehead atoms. The summed E-state index contributed by atoms with van der Waals surface area (Å²) in [4.78, 5) is 64.8. The van der Waals surface area contributed by atoms with Crippen LogP contribution in [-0.4, -0.2) is 76.5 Å². The summed E-state index contributed by atoms with van der Waals surface area (Å²) in [7, 11) is 0. The summed E-state index contributed by atoms with van der Waals surface area (Å²) in [6.07, 6.45) is 0.190. The molecule has 0 radical (unpaired) electrons. The molecule has 0 aromatic carbocycles. The minimum absolute atomic E-state index is 0.0478. The molecule has 0 aliphatic rings. The molecule has 0 saturated heterocycles. The zero-order chi connectivity index (χ0) is 28.0. The molecule has 0 fully saturated rings. The third-order valence-electron chi connectivity index (χ3n) is 4.98. The molecule has 4 atom stereocenters. The van der Waals surface area contributed by atoms with Gasteiger partial charge >= 0.3 is 11.9 Å². The van der Waals surface area contributed by atoms with Crippen LogP contribution in [0.3, 0.4) is 0 Å². The van der Waals surface area contributed by atoms with E-state index >= 15 is 0 Å². The Morgan fingerprint density at radius 3 is 1.72 bits per heavy atom. The first-order valence-corrected chi connectivity index (χ1v) is 11.8. The number of hydrogen-bond acceptors (Lipinski definition) is 7. The monoisotopic (exact) mass is 515 g/mol. The fourth-order valence-corrected chi connectivity index (χ4v) is 3.25. The molecule has 0 aromatic heterocycles. The van der Waals surface area contributed by atoms with Crippen molar-refractivity contribution in [3.05, 3.63) is 0 Å². The third kappa shape index (κ3) is 14.1. The van der Waals surface area contributed by atoms with Gasteiger partial charge in [-0.25, -0.2) is 4.79 Å². The van der Waals surface area contributed by atoms with Crippen LogP contribution in [-0.2, 0) is 24.0 Å². The lowest BCUT2D eigenvalue weighted by molar-refractivity contribution is -0.144. The topological polar surface area (TPSA) is 252 Å². The molecule has 14 heteroatoms. The number of nitrogens with two attached hydrogens (primary N) is 3. The number of nitrogens with zero attached hydrogens (tertiary/aromatic N) is 1. The Hall–Kier alpha value is -3.42. The molecule has 0 heterocycles. The molecule has 0 aliphatic heterocycles. The Morgan fingerprint density at radius 2 is 1.25 bits per heavy atom. The Morgan fingerprint density at radius 1 is 0.778 bits per heavy atom. The van der Waals surface area contributed by atoms with Gasteiger partial charge in [-0.2, -0.15) is 0 Å². The maximum atomic E-state index is 13.0. The molecule has 0 spiro atoms. The molecule has 14 nitrogen and oxygen atoms in total. The van der Waals surface area contributed by atoms with Crippen molar-refractivity contribution in [2.45, 2.75) is 84.0 Å². The summed E-state index contributed by atoms with van der Waals surface area (Å²) in [6.45, 7) is 7.44. The Labute approximate surface area is 210 Å². The Kier molecular flexibility index (Phi) is 14.7. The highest BCUT2D eigenvalue weighted by molar-refractivity contribution is 5.95. The van der Waals surface area contributed by atoms with Gasteiger partial charge in [0.05, 0.1) is 12.5 Å². The lowest BCUT2D eigenvalue weighted by atomic mass is 10.0. The standard InChI is InChI=1S/C22H41N7O7/c1-11(2)8-14(27-18(32)13(23)6-5-7-26-22(24)25)19(33)28-15(10-17(30)31)20(34)29-16(21(35)36)9-12(3)4/h11-16H,5-10,23H2,1-4H3,(H,27,32)(H,28,33)(H,29,34)(H,30,31)(H,35,36)(H4,24,25,26). The molecule has 4 unspecified atom stereocenters. The minimum Gasteiger partial charge on any atom is -0.481 e. The molecule has 0 saturated carbocycles. The number of aliphatic imine (C=N–C) groups is 1. The fourth-order valence-electron chi connectivity index (χ4n) is 3.25. The van der Waals surface area contributed by atoms with E-state index in [1.165, 1.54) is 0 Å². The summed E-state index contributed by atoms with van der Waals surface area (Å²) in [5.41, 5.74) is 16.4. The quantitative estimate of drug-likeness (QED) is 0.0630. The number of carboxylic acids is 2. The molecule has 3 amide bonds. The third-order valence-corrected chi connectivity index (χ3v) is 4.98. The van der Waals surface area contributed by atoms with Crippen molar-refractivity contribution in [3.63, 3.8) is 0 Å². The highest BCUT2D eigenvalue weighted by atomic mass is 16.4. The summed E-state index contributed by atoms with van der Waals surface area (Å²) in [6, 6.07) is -4.86. The van der Waals surface area contributed by atoms with Crippen molar-refractivity contribution in [1.29, 1.82) is 0 Å². The maximum absolute atomic E-state index is 13.0. The Bertz CT molecular complexity index is 798. The number of carbonyl (C=O) groups is 5. The van der Waals surface area contributed by atoms with Gasteiger partial charge in [-0.3, -0.25) is 24.2 Å². The van der Waals surface area contributed by atoms with E-state index in [2.05, 4.69) is 20.9 Å². The first-order chi connectivity index (χ1) is 16.6. The van der Waals surface area contributed by atoms with Gasteiger partial charge < -0.3 is 43.4 Å². The molecule has 0 rings (SSSR count). The highest BCUT2D eigenvalue weighted by Gasteiger charge is 2.32. The number of nitrogens with one attached hydrogen (secondary N) is 3. The van der Waals surface area contributed by atoms with E-state index in [9.17, 15) is 34.2 Å². The number of hydrogen-bond donors (Lipinski definition) is 8. The van der Waals surface area contributed by atoms with E-state index in [-0.39, 0.29) is 43.6 Å². The largest absolute Gasteiger partial charge is 0.481 e. The minimum atomic E-state index is -1.55. The van der Waals surface area contributed by atoms with Crippen LogP contribution in [0.4, 0.5) is 0 Å². The van der Waals surface area contributed by atoms with E-state index in [4.69, 9.17) is 17.2 Å². The second-order valence-corrected chi connectivity index (χ2v) is 9.43. The SMILES string of the molecule is CC(C)CC(NC(=O)C(CC(=O)O)NC(=O)C(CC(C)C)NC(=O)C(N)CCCN=C(N)N)C(=O)O. The molecule has 0 aliphatic carbocycles. The molecule has 11 N–H and O–H groups in total. The van der Waals surface area contributed by atoms with Gasteiger partial charge in [-0.1, -0.05) is 27.7 Å². The van der Waals surface area contributed by atoms with E-state index in [1.807, 2.05) is 13.8 Å². The molecule has 36 heavy (non-hydrogen) atoms. The number of rotatable bonds is 17. The average molecular weight is 516 g/mol. The highest BCUT2D eigenvalue weighted by Crippen LogP contribution is 2.09. The lowest BCUT2D eigenvalue weighted by Gasteiger charge is -2.25. The fraction of sp³-hybridized carbons (Fsp3) is 0.727. The van der Waals surface area contributed by atoms with Gasteiger partial charge in [0.2, 0.25) is 17.7 Å². The van der Waals surface area contributed by atoms with Gasteiger partial charge in [0.1, 0.15) is 18.1 Å². The van der Waals surface area contributed by atoms with Crippen LogP contribution in [0.1, 0.15) is 59.8 Å². The number of carboxylic acid groups (broad SMARTS) is 2. The summed E-state index contributed by atoms with van der Waals surface area (Å²) in [5.74, 6) is -5.20. The van der Waals surface area contributed by atoms with Gasteiger partial charge in [-0.15, -0.1) is 0 Å². The van der Waals surface area contributed by atoms with Crippen LogP contribution in [0, 0.1) is 11.8 Å². The maximum Gasteiger partial charge on any atom is 0.326 e. The molecular formula is C22H41N7O7. The van der Waals surface area contributed by atoms with Crippen LogP contribution < -0.4 is 33.2 Å². The number of guanidine groups is 1. The zero-order valence-electron chi connectivity index (χ0n) is 21.3. The van der Waals surface area contributed by atoms with Crippen molar-refractivity contribution in [3.8, 4) is 0 Å². The van der Waals surface area contributed by atoms with Crippen LogP contribution in [0.15, 0.2) is 4.99 Å². The van der Waals surface area contributed by atoms with Crippen LogP contribution >= 0.6 is 0 Å². The predicted molar refractivity (Wildman–Crippen MR) is 132 cm³/mol. The molecule has 206 valence electrons. The van der Waals surface area contributed by atoms with E-state index in [0.717, 1.165) is 0 Å². The lowest BCUT2D eigenvalue weighted by Crippen LogP contribution is -2.57. The number of carbonyl (C=O) groups excluding carboxylic acids is 3. The Balaban J connectivity index is 5.43. The first-order valence-electron chi connectivity index (χ1n) is 11.8. The van der Waals surface area contributed by atoms with Gasteiger partial charge in [0.15, 0.2) is 5.96 Å². The average Bonchev–Trinajstić information content (AvgIpc) is 2.73. The van der Waals surface area contributed by atoms with Crippen molar-refractivity contribution in [1.82, 2.24) is 16.0 Å². The number of amides is 3. The second-order valence-electron chi connectivity index (χ2n) is 9.43. The van der Waals surface area contributed by atoms with Gasteiger partial charge in [-0.05, 0) is 37.5 Å². The first kappa shape index (κ1) is 32.6. The van der Waals surface area contributed by atoms with Crippen molar-refractivity contribution >= 4 is 35.6 Å². The molecule has 0 aromatic rings. The summed E-state index contributed by atoms with van der Waals surface area (Å²) in [5, 5.41) is 25.7. The van der Waals surface area contributed by atoms with Crippen LogP contribution in [0.5, 0.6) is 0 Å². The van der Waals surface area contributed by atoms with Gasteiger partial charge in [0.25, 0.3) is 0 Å². The van der Waals surface area contributed by atoms with Crippen molar-refractivity contribution in [2.24, 2.45) is 34.0 Å². The molecular weight excluding hydrogens is 474 g/mol. The predicted octanol–water partition coefficient (Wildman–Crippen LogP) is -1.53. The zero-order valence-corrected chi connectivity index (χ0v) is 21.3. The normalized spacial score (nSPS) is 14.3. The second kappa shape index (κ2) is 16.3. The van der Waals surface area contributed by atoms with Crippen molar-refractivity contribution in [2.75, 3.05) is 6.54 Å². The summed E-state index contributed by atoms with van der Waals surface area (Å²) < 4.78 is 0. The van der Waals surface area contributed by atoms with Crippen LogP contribution in [0.25, 0.3) is 0 Å².